The normalized spacial score (nSPS) is 10.9. The highest BCUT2D eigenvalue weighted by atomic mass is 35.5. The third-order valence-electron chi connectivity index (χ3n) is 4.02. The molecule has 7 nitrogen and oxygen atoms in total. The maximum absolute atomic E-state index is 5.90. The minimum absolute atomic E-state index is 0.442. The molecular weight excluding hydrogens is 366 g/mol. The first kappa shape index (κ1) is 17.2. The van der Waals surface area contributed by atoms with E-state index < -0.39 is 0 Å². The number of pyridine rings is 1. The Morgan fingerprint density at radius 2 is 1.89 bits per heavy atom. The zero-order chi connectivity index (χ0) is 18.6. The molecule has 0 amide bonds. The summed E-state index contributed by atoms with van der Waals surface area (Å²) < 4.78 is 10.2. The maximum Gasteiger partial charge on any atom is 0.259 e. The number of benzene rings is 1. The molecule has 8 heteroatoms. The van der Waals surface area contributed by atoms with Crippen molar-refractivity contribution in [2.75, 3.05) is 11.9 Å². The number of nitrogens with zero attached hydrogens (tertiary/aromatic N) is 5. The van der Waals surface area contributed by atoms with Crippen LogP contribution in [0.2, 0.25) is 5.02 Å². The van der Waals surface area contributed by atoms with E-state index in [-0.39, 0.29) is 0 Å². The topological polar surface area (TPSA) is 81.1 Å². The molecule has 3 aromatic heterocycles. The van der Waals surface area contributed by atoms with Gasteiger partial charge in [-0.25, -0.2) is 4.98 Å². The summed E-state index contributed by atoms with van der Waals surface area (Å²) in [4.78, 5) is 10.9. The van der Waals surface area contributed by atoms with Crippen LogP contribution in [0.4, 0.5) is 5.82 Å². The van der Waals surface area contributed by atoms with Crippen LogP contribution >= 0.6 is 11.6 Å². The minimum Gasteiger partial charge on any atom is -0.364 e. The Balaban J connectivity index is 1.44. The van der Waals surface area contributed by atoms with E-state index >= 15 is 0 Å². The molecule has 1 aromatic carbocycles. The number of halogens is 1. The van der Waals surface area contributed by atoms with E-state index in [1.54, 1.807) is 12.5 Å². The van der Waals surface area contributed by atoms with Gasteiger partial charge in [-0.15, -0.1) is 0 Å². The van der Waals surface area contributed by atoms with Crippen molar-refractivity contribution in [3.05, 3.63) is 77.0 Å². The molecule has 0 spiro atoms. The molecule has 0 bridgehead atoms. The summed E-state index contributed by atoms with van der Waals surface area (Å²) in [6.07, 6.45) is 3.84. The molecule has 3 heterocycles. The van der Waals surface area contributed by atoms with Crippen molar-refractivity contribution in [3.63, 3.8) is 0 Å². The Labute approximate surface area is 160 Å². The zero-order valence-corrected chi connectivity index (χ0v) is 15.3. The molecule has 0 atom stereocenters. The summed E-state index contributed by atoms with van der Waals surface area (Å²) in [5.41, 5.74) is 2.67. The van der Waals surface area contributed by atoms with Gasteiger partial charge in [0, 0.05) is 30.8 Å². The second-order valence-corrected chi connectivity index (χ2v) is 6.51. The molecule has 136 valence electrons. The molecule has 0 N–H and O–H groups in total. The summed E-state index contributed by atoms with van der Waals surface area (Å²) in [5, 5.41) is 8.65. The fraction of sp³-hybridized carbons (Fsp3) is 0.158. The highest BCUT2D eigenvalue weighted by Gasteiger charge is 2.11. The predicted octanol–water partition coefficient (Wildman–Crippen LogP) is 4.00. The van der Waals surface area contributed by atoms with Crippen LogP contribution in [0.5, 0.6) is 0 Å². The first-order chi connectivity index (χ1) is 13.2. The van der Waals surface area contributed by atoms with Gasteiger partial charge in [-0.1, -0.05) is 34.0 Å². The van der Waals surface area contributed by atoms with E-state index in [2.05, 4.69) is 20.3 Å². The Hall–Kier alpha value is -3.19. The van der Waals surface area contributed by atoms with Crippen molar-refractivity contribution < 1.29 is 9.05 Å². The molecule has 4 aromatic rings. The molecule has 4 rings (SSSR count). The summed E-state index contributed by atoms with van der Waals surface area (Å²) in [5.74, 6) is 1.86. The summed E-state index contributed by atoms with van der Waals surface area (Å²) in [6.45, 7) is 0.606. The molecule has 0 unspecified atom stereocenters. The molecule has 27 heavy (non-hydrogen) atoms. The van der Waals surface area contributed by atoms with Crippen LogP contribution in [0.15, 0.2) is 64.0 Å². The van der Waals surface area contributed by atoms with E-state index in [9.17, 15) is 0 Å². The molecule has 0 aliphatic rings. The molecule has 0 saturated heterocycles. The highest BCUT2D eigenvalue weighted by molar-refractivity contribution is 6.30. The minimum atomic E-state index is 0.442. The number of rotatable bonds is 6. The van der Waals surface area contributed by atoms with Crippen LogP contribution in [0.25, 0.3) is 11.5 Å². The second kappa shape index (κ2) is 7.59. The van der Waals surface area contributed by atoms with E-state index in [0.29, 0.717) is 29.7 Å². The lowest BCUT2D eigenvalue weighted by Crippen LogP contribution is -2.17. The largest absolute Gasteiger partial charge is 0.364 e. The Morgan fingerprint density at radius 3 is 2.59 bits per heavy atom. The fourth-order valence-electron chi connectivity index (χ4n) is 2.61. The van der Waals surface area contributed by atoms with E-state index in [1.165, 1.54) is 0 Å². The van der Waals surface area contributed by atoms with Crippen molar-refractivity contribution in [3.8, 4) is 11.5 Å². The third-order valence-corrected chi connectivity index (χ3v) is 4.27. The number of aromatic nitrogens is 4. The molecule has 0 saturated carbocycles. The quantitative estimate of drug-likeness (QED) is 0.499. The summed E-state index contributed by atoms with van der Waals surface area (Å²) in [6, 6.07) is 13.2. The van der Waals surface area contributed by atoms with Crippen LogP contribution in [0.3, 0.4) is 0 Å². The SMILES string of the molecule is CN(Cc1ccon1)c1ccc(-c2nc(Cc3ccc(Cl)cc3)no2)cn1. The van der Waals surface area contributed by atoms with Gasteiger partial charge in [-0.2, -0.15) is 4.98 Å². The highest BCUT2D eigenvalue weighted by Crippen LogP contribution is 2.21. The summed E-state index contributed by atoms with van der Waals surface area (Å²) in [7, 11) is 1.94. The van der Waals surface area contributed by atoms with Crippen molar-refractivity contribution in [2.24, 2.45) is 0 Å². The number of anilines is 1. The van der Waals surface area contributed by atoms with Crippen LogP contribution in [-0.2, 0) is 13.0 Å². The molecular formula is C19H16ClN5O2. The van der Waals surface area contributed by atoms with Crippen LogP contribution in [0.1, 0.15) is 17.1 Å². The average Bonchev–Trinajstić information content (AvgIpc) is 3.36. The maximum atomic E-state index is 5.90. The lowest BCUT2D eigenvalue weighted by Gasteiger charge is -2.16. The third kappa shape index (κ3) is 4.15. The molecule has 0 fully saturated rings. The monoisotopic (exact) mass is 381 g/mol. The van der Waals surface area contributed by atoms with E-state index in [1.807, 2.05) is 54.4 Å². The van der Waals surface area contributed by atoms with Gasteiger partial charge in [0.05, 0.1) is 12.1 Å². The predicted molar refractivity (Wildman–Crippen MR) is 100 cm³/mol. The van der Waals surface area contributed by atoms with Gasteiger partial charge in [0.15, 0.2) is 5.82 Å². The van der Waals surface area contributed by atoms with Crippen LogP contribution < -0.4 is 4.90 Å². The van der Waals surface area contributed by atoms with Gasteiger partial charge >= 0.3 is 0 Å². The first-order valence-corrected chi connectivity index (χ1v) is 8.69. The van der Waals surface area contributed by atoms with Crippen LogP contribution in [0, 0.1) is 0 Å². The van der Waals surface area contributed by atoms with Crippen molar-refractivity contribution >= 4 is 17.4 Å². The van der Waals surface area contributed by atoms with Gasteiger partial charge in [0.25, 0.3) is 5.89 Å². The lowest BCUT2D eigenvalue weighted by molar-refractivity contribution is 0.411. The smallest absolute Gasteiger partial charge is 0.259 e. The second-order valence-electron chi connectivity index (χ2n) is 6.07. The van der Waals surface area contributed by atoms with E-state index in [4.69, 9.17) is 20.6 Å². The van der Waals surface area contributed by atoms with Gasteiger partial charge in [-0.05, 0) is 29.8 Å². The number of hydrogen-bond acceptors (Lipinski definition) is 7. The lowest BCUT2D eigenvalue weighted by atomic mass is 10.1. The fourth-order valence-corrected chi connectivity index (χ4v) is 2.74. The molecule has 0 aliphatic carbocycles. The van der Waals surface area contributed by atoms with Gasteiger partial charge in [0.1, 0.15) is 17.8 Å². The first-order valence-electron chi connectivity index (χ1n) is 8.31. The molecule has 0 radical (unpaired) electrons. The van der Waals surface area contributed by atoms with E-state index in [0.717, 1.165) is 22.6 Å². The summed E-state index contributed by atoms with van der Waals surface area (Å²) >= 11 is 5.90. The van der Waals surface area contributed by atoms with Crippen molar-refractivity contribution in [1.29, 1.82) is 0 Å². The van der Waals surface area contributed by atoms with Crippen molar-refractivity contribution in [1.82, 2.24) is 20.3 Å². The van der Waals surface area contributed by atoms with Gasteiger partial charge < -0.3 is 13.9 Å². The van der Waals surface area contributed by atoms with Crippen molar-refractivity contribution in [2.45, 2.75) is 13.0 Å². The Morgan fingerprint density at radius 1 is 1.04 bits per heavy atom. The van der Waals surface area contributed by atoms with Gasteiger partial charge in [0.2, 0.25) is 0 Å². The molecule has 0 aliphatic heterocycles. The van der Waals surface area contributed by atoms with Crippen LogP contribution in [-0.4, -0.2) is 27.3 Å². The standard InChI is InChI=1S/C19H16ClN5O2/c1-25(12-16-8-9-26-23-16)18-7-4-14(11-21-18)19-22-17(24-27-19)10-13-2-5-15(20)6-3-13/h2-9,11H,10,12H2,1H3. The Kier molecular flexibility index (Phi) is 4.84. The number of hydrogen-bond donors (Lipinski definition) is 0. The average molecular weight is 382 g/mol. The van der Waals surface area contributed by atoms with Gasteiger partial charge in [-0.3, -0.25) is 0 Å². The zero-order valence-electron chi connectivity index (χ0n) is 14.5. The Bertz CT molecular complexity index is 998.